The Morgan fingerprint density at radius 3 is 2.38 bits per heavy atom. The third-order valence-electron chi connectivity index (χ3n) is 2.62. The molecule has 0 aliphatic carbocycles. The predicted molar refractivity (Wildman–Crippen MR) is 65.1 cm³/mol. The molecule has 16 heavy (non-hydrogen) atoms. The summed E-state index contributed by atoms with van der Waals surface area (Å²) < 4.78 is 0. The smallest absolute Gasteiger partial charge is 0.0731 e. The second kappa shape index (κ2) is 4.45. The van der Waals surface area contributed by atoms with Crippen molar-refractivity contribution in [1.82, 2.24) is 4.98 Å². The van der Waals surface area contributed by atoms with Gasteiger partial charge < -0.3 is 5.11 Å². The molecule has 0 aliphatic rings. The molecule has 0 unspecified atom stereocenters. The van der Waals surface area contributed by atoms with Gasteiger partial charge in [0.05, 0.1) is 12.3 Å². The fourth-order valence-corrected chi connectivity index (χ4v) is 1.79. The van der Waals surface area contributed by atoms with E-state index in [2.05, 4.69) is 18.0 Å². The third-order valence-corrected chi connectivity index (χ3v) is 2.62. The lowest BCUT2D eigenvalue weighted by Crippen LogP contribution is -1.90. The summed E-state index contributed by atoms with van der Waals surface area (Å²) in [7, 11) is 0. The van der Waals surface area contributed by atoms with Crippen molar-refractivity contribution < 1.29 is 5.11 Å². The van der Waals surface area contributed by atoms with Gasteiger partial charge in [-0.3, -0.25) is 4.98 Å². The largest absolute Gasteiger partial charge is 0.392 e. The first-order valence-electron chi connectivity index (χ1n) is 5.34. The molecule has 2 aromatic rings. The molecule has 0 radical (unpaired) electrons. The van der Waals surface area contributed by atoms with Crippen molar-refractivity contribution in [2.45, 2.75) is 20.5 Å². The molecule has 82 valence electrons. The van der Waals surface area contributed by atoms with Crippen molar-refractivity contribution in [2.75, 3.05) is 0 Å². The zero-order valence-electron chi connectivity index (χ0n) is 9.57. The van der Waals surface area contributed by atoms with E-state index in [9.17, 15) is 0 Å². The molecule has 0 atom stereocenters. The average Bonchev–Trinajstić information content (AvgIpc) is 2.29. The molecule has 0 spiro atoms. The van der Waals surface area contributed by atoms with Crippen molar-refractivity contribution in [2.24, 2.45) is 0 Å². The van der Waals surface area contributed by atoms with E-state index in [1.54, 1.807) is 0 Å². The van der Waals surface area contributed by atoms with Gasteiger partial charge in [-0.15, -0.1) is 0 Å². The first kappa shape index (κ1) is 10.8. The molecular formula is C14H15NO. The Balaban J connectivity index is 2.42. The maximum Gasteiger partial charge on any atom is 0.0731 e. The van der Waals surface area contributed by atoms with Gasteiger partial charge in [0.15, 0.2) is 0 Å². The van der Waals surface area contributed by atoms with Gasteiger partial charge >= 0.3 is 0 Å². The van der Waals surface area contributed by atoms with Gasteiger partial charge in [-0.2, -0.15) is 0 Å². The normalized spacial score (nSPS) is 10.4. The Morgan fingerprint density at radius 2 is 1.81 bits per heavy atom. The molecule has 0 aliphatic heterocycles. The van der Waals surface area contributed by atoms with Crippen LogP contribution in [-0.2, 0) is 6.61 Å². The van der Waals surface area contributed by atoms with E-state index in [1.165, 1.54) is 11.1 Å². The highest BCUT2D eigenvalue weighted by Gasteiger charge is 2.03. The number of rotatable bonds is 2. The predicted octanol–water partition coefficient (Wildman–Crippen LogP) is 2.86. The minimum atomic E-state index is 0.0839. The first-order chi connectivity index (χ1) is 7.70. The maximum atomic E-state index is 8.97. The minimum Gasteiger partial charge on any atom is -0.392 e. The molecule has 2 rings (SSSR count). The van der Waals surface area contributed by atoms with Gasteiger partial charge in [-0.05, 0) is 30.5 Å². The number of benzene rings is 1. The quantitative estimate of drug-likeness (QED) is 0.832. The van der Waals surface area contributed by atoms with Crippen LogP contribution in [0.15, 0.2) is 36.5 Å². The SMILES string of the molecule is Cc1cnc(-c2ccc(CO)cc2)c(C)c1. The van der Waals surface area contributed by atoms with Crippen LogP contribution in [0.1, 0.15) is 16.7 Å². The lowest BCUT2D eigenvalue weighted by Gasteiger charge is -2.06. The Labute approximate surface area is 95.6 Å². The minimum absolute atomic E-state index is 0.0839. The van der Waals surface area contributed by atoms with Crippen LogP contribution in [0.4, 0.5) is 0 Å². The van der Waals surface area contributed by atoms with Crippen molar-refractivity contribution in [3.63, 3.8) is 0 Å². The molecule has 0 fully saturated rings. The van der Waals surface area contributed by atoms with Gasteiger partial charge in [0.2, 0.25) is 0 Å². The van der Waals surface area contributed by atoms with E-state index < -0.39 is 0 Å². The van der Waals surface area contributed by atoms with Crippen molar-refractivity contribution in [1.29, 1.82) is 0 Å². The van der Waals surface area contributed by atoms with Gasteiger partial charge in [0.25, 0.3) is 0 Å². The van der Waals surface area contributed by atoms with E-state index in [0.717, 1.165) is 16.8 Å². The monoisotopic (exact) mass is 213 g/mol. The zero-order chi connectivity index (χ0) is 11.5. The highest BCUT2D eigenvalue weighted by Crippen LogP contribution is 2.21. The molecule has 1 heterocycles. The first-order valence-corrected chi connectivity index (χ1v) is 5.34. The van der Waals surface area contributed by atoms with Crippen LogP contribution in [0.3, 0.4) is 0 Å². The van der Waals surface area contributed by atoms with E-state index in [-0.39, 0.29) is 6.61 Å². The average molecular weight is 213 g/mol. The number of aromatic nitrogens is 1. The van der Waals surface area contributed by atoms with E-state index in [1.807, 2.05) is 37.4 Å². The summed E-state index contributed by atoms with van der Waals surface area (Å²) in [4.78, 5) is 4.44. The number of nitrogens with zero attached hydrogens (tertiary/aromatic N) is 1. The second-order valence-electron chi connectivity index (χ2n) is 4.03. The summed E-state index contributed by atoms with van der Waals surface area (Å²) >= 11 is 0. The lowest BCUT2D eigenvalue weighted by molar-refractivity contribution is 0.282. The molecule has 0 saturated heterocycles. The Morgan fingerprint density at radius 1 is 1.12 bits per heavy atom. The molecule has 0 bridgehead atoms. The van der Waals surface area contributed by atoms with Crippen LogP contribution in [0, 0.1) is 13.8 Å². The Bertz CT molecular complexity index is 489. The summed E-state index contributed by atoms with van der Waals surface area (Å²) in [6.07, 6.45) is 1.88. The Hall–Kier alpha value is -1.67. The summed E-state index contributed by atoms with van der Waals surface area (Å²) in [5.74, 6) is 0. The summed E-state index contributed by atoms with van der Waals surface area (Å²) in [5, 5.41) is 8.97. The highest BCUT2D eigenvalue weighted by atomic mass is 16.3. The molecule has 1 N–H and O–H groups in total. The maximum absolute atomic E-state index is 8.97. The molecule has 1 aromatic heterocycles. The molecular weight excluding hydrogens is 198 g/mol. The zero-order valence-corrected chi connectivity index (χ0v) is 9.57. The summed E-state index contributed by atoms with van der Waals surface area (Å²) in [5.41, 5.74) is 5.38. The summed E-state index contributed by atoms with van der Waals surface area (Å²) in [6.45, 7) is 4.19. The van der Waals surface area contributed by atoms with Crippen LogP contribution < -0.4 is 0 Å². The van der Waals surface area contributed by atoms with Crippen LogP contribution >= 0.6 is 0 Å². The van der Waals surface area contributed by atoms with Crippen LogP contribution in [-0.4, -0.2) is 10.1 Å². The third kappa shape index (κ3) is 2.12. The van der Waals surface area contributed by atoms with Crippen LogP contribution in [0.2, 0.25) is 0 Å². The fourth-order valence-electron chi connectivity index (χ4n) is 1.79. The highest BCUT2D eigenvalue weighted by molar-refractivity contribution is 5.63. The number of pyridine rings is 1. The van der Waals surface area contributed by atoms with Gasteiger partial charge in [-0.25, -0.2) is 0 Å². The molecule has 0 saturated carbocycles. The van der Waals surface area contributed by atoms with Gasteiger partial charge in [-0.1, -0.05) is 30.3 Å². The number of aliphatic hydroxyl groups excluding tert-OH is 1. The van der Waals surface area contributed by atoms with Crippen molar-refractivity contribution >= 4 is 0 Å². The number of hydrogen-bond acceptors (Lipinski definition) is 2. The number of hydrogen-bond donors (Lipinski definition) is 1. The molecule has 2 heteroatoms. The number of aliphatic hydroxyl groups is 1. The van der Waals surface area contributed by atoms with E-state index >= 15 is 0 Å². The molecule has 0 amide bonds. The van der Waals surface area contributed by atoms with Gasteiger partial charge in [0, 0.05) is 11.8 Å². The van der Waals surface area contributed by atoms with Gasteiger partial charge in [0.1, 0.15) is 0 Å². The summed E-state index contributed by atoms with van der Waals surface area (Å²) in [6, 6.07) is 9.97. The van der Waals surface area contributed by atoms with Crippen LogP contribution in [0.5, 0.6) is 0 Å². The molecule has 2 nitrogen and oxygen atoms in total. The fraction of sp³-hybridized carbons (Fsp3) is 0.214. The van der Waals surface area contributed by atoms with Crippen LogP contribution in [0.25, 0.3) is 11.3 Å². The van der Waals surface area contributed by atoms with Crippen molar-refractivity contribution in [3.8, 4) is 11.3 Å². The lowest BCUT2D eigenvalue weighted by atomic mass is 10.0. The number of aryl methyl sites for hydroxylation is 2. The Kier molecular flexibility index (Phi) is 3.02. The second-order valence-corrected chi connectivity index (χ2v) is 4.03. The van der Waals surface area contributed by atoms with Crippen molar-refractivity contribution in [3.05, 3.63) is 53.2 Å². The molecule has 1 aromatic carbocycles. The van der Waals surface area contributed by atoms with E-state index in [4.69, 9.17) is 5.11 Å². The van der Waals surface area contributed by atoms with E-state index in [0.29, 0.717) is 0 Å². The topological polar surface area (TPSA) is 33.1 Å². The standard InChI is InChI=1S/C14H15NO/c1-10-7-11(2)14(15-8-10)13-5-3-12(9-16)4-6-13/h3-8,16H,9H2,1-2H3.